The van der Waals surface area contributed by atoms with Gasteiger partial charge in [0.1, 0.15) is 35.6 Å². The van der Waals surface area contributed by atoms with Crippen molar-refractivity contribution in [1.82, 2.24) is 0 Å². The molecule has 0 fully saturated rings. The molecule has 0 aliphatic rings. The summed E-state index contributed by atoms with van der Waals surface area (Å²) in [6.45, 7) is 9.97. The molecular formula is C54H51Cl3F3N3O9. The van der Waals surface area contributed by atoms with Gasteiger partial charge in [-0.1, -0.05) is 89.4 Å². The number of nitrogens with zero attached hydrogens (tertiary/aromatic N) is 3. The van der Waals surface area contributed by atoms with Crippen LogP contribution in [0.3, 0.4) is 0 Å². The maximum Gasteiger partial charge on any atom is 0.329 e. The minimum absolute atomic E-state index is 0.130. The Kier molecular flexibility index (Phi) is 21.8. The first-order valence-electron chi connectivity index (χ1n) is 22.2. The molecule has 3 amide bonds. The first-order valence-corrected chi connectivity index (χ1v) is 23.3. The van der Waals surface area contributed by atoms with Gasteiger partial charge in [-0.3, -0.25) is 29.1 Å². The highest BCUT2D eigenvalue weighted by atomic mass is 35.5. The molecule has 72 heavy (non-hydrogen) atoms. The van der Waals surface area contributed by atoms with E-state index in [9.17, 15) is 41.9 Å². The first-order chi connectivity index (χ1) is 34.2. The fourth-order valence-electron chi connectivity index (χ4n) is 6.69. The highest BCUT2D eigenvalue weighted by Gasteiger charge is 2.32. The lowest BCUT2D eigenvalue weighted by atomic mass is 10.1. The van der Waals surface area contributed by atoms with Crippen LogP contribution in [0.5, 0.6) is 0 Å². The van der Waals surface area contributed by atoms with Gasteiger partial charge in [-0.2, -0.15) is 0 Å². The van der Waals surface area contributed by atoms with Crippen LogP contribution in [-0.2, 0) is 28.6 Å². The predicted molar refractivity (Wildman–Crippen MR) is 272 cm³/mol. The van der Waals surface area contributed by atoms with Gasteiger partial charge < -0.3 is 14.2 Å². The van der Waals surface area contributed by atoms with E-state index in [1.165, 1.54) is 65.1 Å². The Labute approximate surface area is 430 Å². The van der Waals surface area contributed by atoms with E-state index in [1.54, 1.807) is 126 Å². The molecule has 378 valence electrons. The number of esters is 3. The van der Waals surface area contributed by atoms with Crippen molar-refractivity contribution < 1.29 is 56.1 Å². The summed E-state index contributed by atoms with van der Waals surface area (Å²) >= 11 is 17.5. The van der Waals surface area contributed by atoms with Crippen molar-refractivity contribution in [2.75, 3.05) is 28.4 Å². The maximum absolute atomic E-state index is 13.5. The molecule has 0 aliphatic heterocycles. The molecule has 6 rings (SSSR count). The average molecular weight is 1050 g/mol. The van der Waals surface area contributed by atoms with Gasteiger partial charge in [0.2, 0.25) is 0 Å². The molecule has 0 aromatic heterocycles. The van der Waals surface area contributed by atoms with Gasteiger partial charge in [-0.05, 0) is 133 Å². The second kappa shape index (κ2) is 27.4. The Hall–Kier alpha value is -7.20. The number of anilines is 3. The number of halogens is 6. The fraction of sp³-hybridized carbons (Fsp3) is 0.222. The zero-order chi connectivity index (χ0) is 53.2. The normalized spacial score (nSPS) is 11.8. The monoisotopic (exact) mass is 1050 g/mol. The summed E-state index contributed by atoms with van der Waals surface area (Å²) in [6, 6.07) is 34.4. The van der Waals surface area contributed by atoms with E-state index in [4.69, 9.17) is 49.0 Å². The second-order valence-corrected chi connectivity index (χ2v) is 16.9. The van der Waals surface area contributed by atoms with Crippen LogP contribution in [-0.4, -0.2) is 73.6 Å². The maximum atomic E-state index is 13.5. The summed E-state index contributed by atoms with van der Waals surface area (Å²) in [5.74, 6) is -4.72. The average Bonchev–Trinajstić information content (AvgIpc) is 3.37. The van der Waals surface area contributed by atoms with Crippen molar-refractivity contribution in [3.05, 3.63) is 195 Å². The van der Waals surface area contributed by atoms with Gasteiger partial charge in [0.15, 0.2) is 0 Å². The molecule has 12 nitrogen and oxygen atoms in total. The van der Waals surface area contributed by atoms with Crippen LogP contribution in [0.4, 0.5) is 30.2 Å². The van der Waals surface area contributed by atoms with Crippen LogP contribution in [0.25, 0.3) is 0 Å². The smallest absolute Gasteiger partial charge is 0.329 e. The van der Waals surface area contributed by atoms with Gasteiger partial charge in [-0.15, -0.1) is 0 Å². The third-order valence-electron chi connectivity index (χ3n) is 10.3. The van der Waals surface area contributed by atoms with Crippen molar-refractivity contribution in [3.8, 4) is 0 Å². The molecule has 3 atom stereocenters. The third kappa shape index (κ3) is 15.4. The zero-order valence-electron chi connectivity index (χ0n) is 40.2. The van der Waals surface area contributed by atoms with Crippen LogP contribution >= 0.6 is 34.8 Å². The molecule has 6 aromatic carbocycles. The van der Waals surface area contributed by atoms with Crippen molar-refractivity contribution >= 4 is 87.5 Å². The van der Waals surface area contributed by atoms with Gasteiger partial charge in [-0.25, -0.2) is 27.6 Å². The summed E-state index contributed by atoms with van der Waals surface area (Å²) in [5, 5.41) is -0.396. The molecule has 0 saturated carbocycles. The minimum atomic E-state index is -0.906. The number of methoxy groups -OCH3 is 1. The topological polar surface area (TPSA) is 140 Å². The molecular weight excluding hydrogens is 998 g/mol. The molecule has 0 saturated heterocycles. The van der Waals surface area contributed by atoms with E-state index in [2.05, 4.69) is 0 Å². The summed E-state index contributed by atoms with van der Waals surface area (Å²) in [7, 11) is 1.24. The largest absolute Gasteiger partial charge is 0.467 e. The van der Waals surface area contributed by atoms with Crippen molar-refractivity contribution in [1.29, 1.82) is 0 Å². The number of hydrogen-bond donors (Lipinski definition) is 0. The van der Waals surface area contributed by atoms with Crippen molar-refractivity contribution in [2.24, 2.45) is 0 Å². The van der Waals surface area contributed by atoms with Crippen LogP contribution in [0, 0.1) is 17.5 Å². The highest BCUT2D eigenvalue weighted by molar-refractivity contribution is 6.32. The number of benzene rings is 6. The summed E-state index contributed by atoms with van der Waals surface area (Å²) in [4.78, 5) is 78.7. The number of rotatable bonds is 14. The fourth-order valence-corrected chi connectivity index (χ4v) is 7.22. The predicted octanol–water partition coefficient (Wildman–Crippen LogP) is 12.2. The third-order valence-corrected chi connectivity index (χ3v) is 11.2. The SMILES string of the molecule is CC(C)OC(=O)C(C)N(C(=O)c1ccccc1)c1ccc(F)c(Cl)c1.CCOC(=O)C(C)N(C(=O)c1ccccc1)c1ccc(F)c(Cl)c1.COC(=O)C(C)N(C(=O)c1ccccc1)c1ccc(F)c(Cl)c1. The molecule has 0 N–H and O–H groups in total. The molecule has 0 spiro atoms. The van der Waals surface area contributed by atoms with E-state index in [0.717, 1.165) is 18.2 Å². The Morgan fingerprint density at radius 1 is 0.458 bits per heavy atom. The molecule has 18 heteroatoms. The lowest BCUT2D eigenvalue weighted by molar-refractivity contribution is -0.148. The van der Waals surface area contributed by atoms with Crippen LogP contribution in [0.15, 0.2) is 146 Å². The van der Waals surface area contributed by atoms with E-state index in [-0.39, 0.29) is 27.8 Å². The van der Waals surface area contributed by atoms with Crippen LogP contribution in [0.2, 0.25) is 15.1 Å². The highest BCUT2D eigenvalue weighted by Crippen LogP contribution is 2.29. The van der Waals surface area contributed by atoms with Crippen LogP contribution in [0.1, 0.15) is 72.6 Å². The quantitative estimate of drug-likeness (QED) is 0.0770. The zero-order valence-corrected chi connectivity index (χ0v) is 42.4. The van der Waals surface area contributed by atoms with E-state index in [1.807, 2.05) is 0 Å². The molecule has 0 bridgehead atoms. The number of carbonyl (C=O) groups is 6. The first kappa shape index (κ1) is 57.4. The number of amides is 3. The Morgan fingerprint density at radius 3 is 1.01 bits per heavy atom. The van der Waals surface area contributed by atoms with Gasteiger partial charge >= 0.3 is 17.9 Å². The standard InChI is InChI=1S/C19H19ClFNO3.C18H17ClFNO3.C17H15ClFNO3/c1-12(2)25-19(24)13(3)22(15-9-10-17(21)16(20)11-15)18(23)14-7-5-4-6-8-14;1-3-24-18(23)12(2)21(14-9-10-16(20)15(19)11-14)17(22)13-7-5-4-6-8-13;1-11(17(22)23-2)20(13-8-9-15(19)14(18)10-13)16(21)12-6-4-3-5-7-12/h4-13H,1-3H3;4-12H,3H2,1-2H3;3-11H,1-2H3. The molecule has 0 aliphatic carbocycles. The Bertz CT molecular complexity index is 2830. The minimum Gasteiger partial charge on any atom is -0.467 e. The molecule has 6 aromatic rings. The number of hydrogen-bond acceptors (Lipinski definition) is 9. The second-order valence-electron chi connectivity index (χ2n) is 15.7. The number of carbonyl (C=O) groups excluding carboxylic acids is 6. The molecule has 0 heterocycles. The lowest BCUT2D eigenvalue weighted by Crippen LogP contribution is -2.45. The molecule has 3 unspecified atom stereocenters. The van der Waals surface area contributed by atoms with Crippen molar-refractivity contribution in [2.45, 2.75) is 65.8 Å². The van der Waals surface area contributed by atoms with E-state index >= 15 is 0 Å². The van der Waals surface area contributed by atoms with Crippen LogP contribution < -0.4 is 14.7 Å². The molecule has 0 radical (unpaired) electrons. The van der Waals surface area contributed by atoms with E-state index in [0.29, 0.717) is 33.8 Å². The Morgan fingerprint density at radius 2 is 0.750 bits per heavy atom. The summed E-state index contributed by atoms with van der Waals surface area (Å²) in [5.41, 5.74) is 2.12. The summed E-state index contributed by atoms with van der Waals surface area (Å²) in [6.07, 6.45) is -0.319. The van der Waals surface area contributed by atoms with Crippen molar-refractivity contribution in [3.63, 3.8) is 0 Å². The lowest BCUT2D eigenvalue weighted by Gasteiger charge is -2.29. The van der Waals surface area contributed by atoms with Gasteiger partial charge in [0, 0.05) is 33.8 Å². The summed E-state index contributed by atoms with van der Waals surface area (Å²) < 4.78 is 55.3. The van der Waals surface area contributed by atoms with Gasteiger partial charge in [0.05, 0.1) is 34.9 Å². The van der Waals surface area contributed by atoms with E-state index < -0.39 is 71.2 Å². The van der Waals surface area contributed by atoms with Gasteiger partial charge in [0.25, 0.3) is 17.7 Å². The Balaban J connectivity index is 0.000000235. The number of ether oxygens (including phenoxy) is 3.